The van der Waals surface area contributed by atoms with Crippen molar-refractivity contribution < 1.29 is 9.90 Å². The fraction of sp³-hybridized carbons (Fsp3) is 0.333. The largest absolute Gasteiger partial charge is 0.508 e. The minimum absolute atomic E-state index is 0.0188. The minimum Gasteiger partial charge on any atom is -0.508 e. The van der Waals surface area contributed by atoms with Crippen LogP contribution in [0.3, 0.4) is 0 Å². The summed E-state index contributed by atoms with van der Waals surface area (Å²) in [7, 11) is 0. The summed E-state index contributed by atoms with van der Waals surface area (Å²) in [5.41, 5.74) is 1.41. The summed E-state index contributed by atoms with van der Waals surface area (Å²) in [6.07, 6.45) is 3.02. The standard InChI is InChI=1S/C15H19N3O2S/c1-3-4-14(20)18-11-5-6-13(19)12(9-11)10(2)17-15-16-7-8-21-15/h5-10,19H,3-4H2,1-2H3,(H,16,17)(H,18,20). The average Bonchev–Trinajstić information content (AvgIpc) is 2.94. The molecule has 1 atom stereocenters. The van der Waals surface area contributed by atoms with E-state index in [1.807, 2.05) is 19.2 Å². The Labute approximate surface area is 128 Å². The van der Waals surface area contributed by atoms with Crippen LogP contribution in [-0.2, 0) is 4.79 Å². The third-order valence-electron chi connectivity index (χ3n) is 3.03. The zero-order chi connectivity index (χ0) is 15.2. The van der Waals surface area contributed by atoms with Crippen molar-refractivity contribution in [2.45, 2.75) is 32.7 Å². The number of aromatic hydroxyl groups is 1. The molecule has 0 aliphatic carbocycles. The van der Waals surface area contributed by atoms with E-state index in [1.54, 1.807) is 24.4 Å². The van der Waals surface area contributed by atoms with Crippen LogP contribution in [0.15, 0.2) is 29.8 Å². The molecule has 6 heteroatoms. The average molecular weight is 305 g/mol. The van der Waals surface area contributed by atoms with Crippen molar-refractivity contribution in [1.82, 2.24) is 4.98 Å². The third-order valence-corrected chi connectivity index (χ3v) is 3.73. The third kappa shape index (κ3) is 4.19. The fourth-order valence-corrected chi connectivity index (χ4v) is 2.60. The zero-order valence-corrected chi connectivity index (χ0v) is 12.9. The topological polar surface area (TPSA) is 74.2 Å². The van der Waals surface area contributed by atoms with Gasteiger partial charge in [0.1, 0.15) is 5.75 Å². The fourth-order valence-electron chi connectivity index (χ4n) is 1.99. The van der Waals surface area contributed by atoms with E-state index in [1.165, 1.54) is 11.3 Å². The molecule has 1 aromatic heterocycles. The number of benzene rings is 1. The molecule has 21 heavy (non-hydrogen) atoms. The van der Waals surface area contributed by atoms with Crippen molar-refractivity contribution in [3.63, 3.8) is 0 Å². The van der Waals surface area contributed by atoms with Crippen molar-refractivity contribution in [3.05, 3.63) is 35.3 Å². The molecule has 1 unspecified atom stereocenters. The number of aromatic nitrogens is 1. The van der Waals surface area contributed by atoms with E-state index < -0.39 is 0 Å². The van der Waals surface area contributed by atoms with E-state index in [0.29, 0.717) is 12.1 Å². The predicted molar refractivity (Wildman–Crippen MR) is 85.8 cm³/mol. The molecule has 0 fully saturated rings. The quantitative estimate of drug-likeness (QED) is 0.710. The molecule has 5 nitrogen and oxygen atoms in total. The summed E-state index contributed by atoms with van der Waals surface area (Å²) in [6, 6.07) is 4.97. The maximum Gasteiger partial charge on any atom is 0.224 e. The lowest BCUT2D eigenvalue weighted by Crippen LogP contribution is -2.12. The first kappa shape index (κ1) is 15.3. The van der Waals surface area contributed by atoms with Crippen LogP contribution in [-0.4, -0.2) is 16.0 Å². The van der Waals surface area contributed by atoms with E-state index in [-0.39, 0.29) is 17.7 Å². The van der Waals surface area contributed by atoms with Crippen LogP contribution in [0, 0.1) is 0 Å². The highest BCUT2D eigenvalue weighted by Gasteiger charge is 2.13. The van der Waals surface area contributed by atoms with Gasteiger partial charge in [-0.2, -0.15) is 0 Å². The Morgan fingerprint density at radius 2 is 2.29 bits per heavy atom. The van der Waals surface area contributed by atoms with Gasteiger partial charge in [-0.3, -0.25) is 4.79 Å². The number of nitrogens with zero attached hydrogens (tertiary/aromatic N) is 1. The minimum atomic E-state index is -0.112. The molecule has 0 bridgehead atoms. The van der Waals surface area contributed by atoms with Crippen LogP contribution in [0.4, 0.5) is 10.8 Å². The number of rotatable bonds is 6. The molecule has 2 aromatic rings. The Morgan fingerprint density at radius 1 is 1.48 bits per heavy atom. The maximum atomic E-state index is 11.6. The van der Waals surface area contributed by atoms with E-state index in [4.69, 9.17) is 0 Å². The van der Waals surface area contributed by atoms with Gasteiger partial charge in [0.2, 0.25) is 5.91 Å². The number of hydrogen-bond donors (Lipinski definition) is 3. The van der Waals surface area contributed by atoms with Gasteiger partial charge in [-0.15, -0.1) is 11.3 Å². The number of phenolic OH excluding ortho intramolecular Hbond substituents is 1. The van der Waals surface area contributed by atoms with E-state index >= 15 is 0 Å². The molecule has 112 valence electrons. The SMILES string of the molecule is CCCC(=O)Nc1ccc(O)c(C(C)Nc2nccs2)c1. The summed E-state index contributed by atoms with van der Waals surface area (Å²) < 4.78 is 0. The van der Waals surface area contributed by atoms with Crippen molar-refractivity contribution in [1.29, 1.82) is 0 Å². The summed E-state index contributed by atoms with van der Waals surface area (Å²) in [5, 5.41) is 18.7. The molecule has 0 radical (unpaired) electrons. The van der Waals surface area contributed by atoms with Crippen molar-refractivity contribution >= 4 is 28.1 Å². The monoisotopic (exact) mass is 305 g/mol. The molecule has 1 aromatic carbocycles. The van der Waals surface area contributed by atoms with Crippen LogP contribution in [0.5, 0.6) is 5.75 Å². The molecule has 3 N–H and O–H groups in total. The van der Waals surface area contributed by atoms with Crippen LogP contribution >= 0.6 is 11.3 Å². The number of amides is 1. The number of carbonyl (C=O) groups excluding carboxylic acids is 1. The summed E-state index contributed by atoms with van der Waals surface area (Å²) in [6.45, 7) is 3.90. The van der Waals surface area contributed by atoms with Crippen molar-refractivity contribution in [2.24, 2.45) is 0 Å². The number of anilines is 2. The Hall–Kier alpha value is -2.08. The molecule has 2 rings (SSSR count). The highest BCUT2D eigenvalue weighted by atomic mass is 32.1. The molecule has 1 heterocycles. The van der Waals surface area contributed by atoms with Gasteiger partial charge in [0, 0.05) is 29.2 Å². The number of carbonyl (C=O) groups is 1. The highest BCUT2D eigenvalue weighted by molar-refractivity contribution is 7.13. The summed E-state index contributed by atoms with van der Waals surface area (Å²) in [4.78, 5) is 15.8. The van der Waals surface area contributed by atoms with Gasteiger partial charge in [0.05, 0.1) is 6.04 Å². The Kier molecular flexibility index (Phi) is 5.16. The van der Waals surface area contributed by atoms with Gasteiger partial charge >= 0.3 is 0 Å². The van der Waals surface area contributed by atoms with Crippen molar-refractivity contribution in [3.8, 4) is 5.75 Å². The Bertz CT molecular complexity index is 599. The number of thiazole rings is 1. The summed E-state index contributed by atoms with van der Waals surface area (Å²) in [5.74, 6) is 0.176. The number of nitrogens with one attached hydrogen (secondary N) is 2. The van der Waals surface area contributed by atoms with E-state index in [9.17, 15) is 9.90 Å². The first-order valence-electron chi connectivity index (χ1n) is 6.89. The predicted octanol–water partition coefficient (Wildman–Crippen LogP) is 3.76. The van der Waals surface area contributed by atoms with Gasteiger partial charge in [0.15, 0.2) is 5.13 Å². The molecule has 0 spiro atoms. The molecular formula is C15H19N3O2S. The van der Waals surface area contributed by atoms with Gasteiger partial charge in [-0.05, 0) is 31.5 Å². The van der Waals surface area contributed by atoms with Gasteiger partial charge < -0.3 is 15.7 Å². The lowest BCUT2D eigenvalue weighted by Gasteiger charge is -2.16. The number of phenols is 1. The molecule has 0 aliphatic heterocycles. The van der Waals surface area contributed by atoms with Crippen LogP contribution in [0.1, 0.15) is 38.3 Å². The summed E-state index contributed by atoms with van der Waals surface area (Å²) >= 11 is 1.50. The molecule has 0 saturated carbocycles. The molecule has 0 aliphatic rings. The second kappa shape index (κ2) is 7.08. The maximum absolute atomic E-state index is 11.6. The van der Waals surface area contributed by atoms with Crippen LogP contribution in [0.25, 0.3) is 0 Å². The molecule has 1 amide bonds. The lowest BCUT2D eigenvalue weighted by atomic mass is 10.1. The molecular weight excluding hydrogens is 286 g/mol. The normalized spacial score (nSPS) is 11.9. The zero-order valence-electron chi connectivity index (χ0n) is 12.1. The number of hydrogen-bond acceptors (Lipinski definition) is 5. The van der Waals surface area contributed by atoms with Gasteiger partial charge in [-0.1, -0.05) is 6.92 Å². The van der Waals surface area contributed by atoms with E-state index in [2.05, 4.69) is 15.6 Å². The second-order valence-electron chi connectivity index (χ2n) is 4.78. The van der Waals surface area contributed by atoms with Crippen LogP contribution < -0.4 is 10.6 Å². The Balaban J connectivity index is 2.12. The van der Waals surface area contributed by atoms with Crippen molar-refractivity contribution in [2.75, 3.05) is 10.6 Å². The van der Waals surface area contributed by atoms with Gasteiger partial charge in [0.25, 0.3) is 0 Å². The lowest BCUT2D eigenvalue weighted by molar-refractivity contribution is -0.116. The molecule has 0 saturated heterocycles. The van der Waals surface area contributed by atoms with Crippen LogP contribution in [0.2, 0.25) is 0 Å². The highest BCUT2D eigenvalue weighted by Crippen LogP contribution is 2.30. The first-order valence-corrected chi connectivity index (χ1v) is 7.77. The Morgan fingerprint density at radius 3 is 2.95 bits per heavy atom. The first-order chi connectivity index (χ1) is 10.1. The van der Waals surface area contributed by atoms with E-state index in [0.717, 1.165) is 17.1 Å². The van der Waals surface area contributed by atoms with Gasteiger partial charge in [-0.25, -0.2) is 4.98 Å². The second-order valence-corrected chi connectivity index (χ2v) is 5.67. The smallest absolute Gasteiger partial charge is 0.224 e.